The summed E-state index contributed by atoms with van der Waals surface area (Å²) in [6, 6.07) is 15.0. The first kappa shape index (κ1) is 27.4. The van der Waals surface area contributed by atoms with Gasteiger partial charge in [0.2, 0.25) is 5.69 Å². The van der Waals surface area contributed by atoms with Crippen molar-refractivity contribution < 1.29 is 27.5 Å². The van der Waals surface area contributed by atoms with E-state index in [9.17, 15) is 18.4 Å². The third-order valence-corrected chi connectivity index (χ3v) is 7.71. The minimum absolute atomic E-state index is 0.0298. The quantitative estimate of drug-likeness (QED) is 0.403. The van der Waals surface area contributed by atoms with Crippen molar-refractivity contribution in [2.24, 2.45) is 10.9 Å². The van der Waals surface area contributed by atoms with Crippen LogP contribution in [-0.4, -0.2) is 46.4 Å². The summed E-state index contributed by atoms with van der Waals surface area (Å²) in [7, 11) is 0. The monoisotopic (exact) mass is 565 g/mol. The van der Waals surface area contributed by atoms with E-state index in [1.807, 2.05) is 0 Å². The van der Waals surface area contributed by atoms with E-state index in [1.165, 1.54) is 30.5 Å². The zero-order valence-corrected chi connectivity index (χ0v) is 21.8. The lowest BCUT2D eigenvalue weighted by molar-refractivity contribution is -0.113. The Morgan fingerprint density at radius 2 is 1.90 bits per heavy atom. The molecule has 0 radical (unpaired) electrons. The Hall–Kier alpha value is -4.21. The SMILES string of the molecule is [C-]#[N+]c1ccc(C(=O)Nc2ccc(F)c([C@]34CO[C@H](C(C)(F)F)[C@H]3CSC(NC(=O)c3ccccc3)=N4)c2)nc1. The molecule has 0 bridgehead atoms. The summed E-state index contributed by atoms with van der Waals surface area (Å²) < 4.78 is 50.2. The van der Waals surface area contributed by atoms with Gasteiger partial charge in [-0.25, -0.2) is 23.0 Å². The highest BCUT2D eigenvalue weighted by Crippen LogP contribution is 2.51. The number of fused-ring (bicyclic) bond motifs is 1. The lowest BCUT2D eigenvalue weighted by Gasteiger charge is -2.37. The molecule has 40 heavy (non-hydrogen) atoms. The molecule has 0 saturated carbocycles. The Morgan fingerprint density at radius 3 is 2.58 bits per heavy atom. The fourth-order valence-corrected chi connectivity index (χ4v) is 5.97. The first-order chi connectivity index (χ1) is 19.1. The number of nitrogens with zero attached hydrogens (tertiary/aromatic N) is 3. The van der Waals surface area contributed by atoms with Crippen LogP contribution in [0, 0.1) is 18.3 Å². The van der Waals surface area contributed by atoms with Gasteiger partial charge in [0.05, 0.1) is 13.2 Å². The summed E-state index contributed by atoms with van der Waals surface area (Å²) >= 11 is 1.08. The summed E-state index contributed by atoms with van der Waals surface area (Å²) in [6.07, 6.45) is -0.291. The van der Waals surface area contributed by atoms with Gasteiger partial charge in [0.1, 0.15) is 23.2 Å². The lowest BCUT2D eigenvalue weighted by atomic mass is 9.77. The van der Waals surface area contributed by atoms with Crippen LogP contribution in [0.4, 0.5) is 24.5 Å². The van der Waals surface area contributed by atoms with Crippen molar-refractivity contribution in [3.05, 3.63) is 101 Å². The highest BCUT2D eigenvalue weighted by atomic mass is 32.2. The highest BCUT2D eigenvalue weighted by Gasteiger charge is 2.60. The van der Waals surface area contributed by atoms with Crippen molar-refractivity contribution in [3.63, 3.8) is 0 Å². The van der Waals surface area contributed by atoms with E-state index in [2.05, 4.69) is 25.5 Å². The van der Waals surface area contributed by atoms with E-state index in [4.69, 9.17) is 11.3 Å². The number of ether oxygens (including phenoxy) is 1. The molecule has 0 spiro atoms. The van der Waals surface area contributed by atoms with Crippen LogP contribution in [0.15, 0.2) is 71.9 Å². The molecule has 1 aromatic heterocycles. The normalized spacial score (nSPS) is 22.0. The number of alkyl halides is 2. The number of amidine groups is 1. The van der Waals surface area contributed by atoms with Crippen LogP contribution in [-0.2, 0) is 10.3 Å². The van der Waals surface area contributed by atoms with Crippen molar-refractivity contribution in [1.82, 2.24) is 10.3 Å². The van der Waals surface area contributed by atoms with Crippen LogP contribution in [0.3, 0.4) is 0 Å². The van der Waals surface area contributed by atoms with Crippen LogP contribution < -0.4 is 10.6 Å². The Bertz CT molecular complexity index is 1520. The summed E-state index contributed by atoms with van der Waals surface area (Å²) in [4.78, 5) is 37.4. The van der Waals surface area contributed by atoms with Gasteiger partial charge in [-0.15, -0.1) is 0 Å². The lowest BCUT2D eigenvalue weighted by Crippen LogP contribution is -2.47. The maximum absolute atomic E-state index is 15.4. The zero-order chi connectivity index (χ0) is 28.5. The Kier molecular flexibility index (Phi) is 7.35. The number of hydrogen-bond acceptors (Lipinski definition) is 6. The van der Waals surface area contributed by atoms with Gasteiger partial charge in [0.15, 0.2) is 5.17 Å². The molecule has 2 amide bonds. The third-order valence-electron chi connectivity index (χ3n) is 6.72. The minimum Gasteiger partial charge on any atom is -0.369 e. The standard InChI is InChI=1S/C28H22F3N5O3S/c1-27(30,31)23-20-14-40-26(35-24(37)16-6-4-3-5-7-16)36-28(20,15-39-23)19-12-17(8-10-21(19)29)34-25(38)22-11-9-18(32-2)13-33-22/h3-13,20,23H,14-15H2,1H3,(H,34,38)(H,35,36,37)/t20-,23+,28-/m1/s1. The molecule has 2 aliphatic heterocycles. The molecule has 8 nitrogen and oxygen atoms in total. The van der Waals surface area contributed by atoms with Gasteiger partial charge < -0.3 is 15.4 Å². The number of anilines is 1. The number of amides is 2. The van der Waals surface area contributed by atoms with E-state index in [0.717, 1.165) is 24.8 Å². The number of aromatic nitrogens is 1. The molecule has 3 atom stereocenters. The van der Waals surface area contributed by atoms with Crippen LogP contribution in [0.25, 0.3) is 4.85 Å². The molecule has 0 unspecified atom stereocenters. The largest absolute Gasteiger partial charge is 0.369 e. The highest BCUT2D eigenvalue weighted by molar-refractivity contribution is 8.13. The van der Waals surface area contributed by atoms with Gasteiger partial charge in [0, 0.05) is 41.6 Å². The van der Waals surface area contributed by atoms with Gasteiger partial charge in [-0.3, -0.25) is 14.6 Å². The molecular formula is C28H22F3N5O3S. The average molecular weight is 566 g/mol. The second kappa shape index (κ2) is 10.7. The number of halogens is 3. The maximum atomic E-state index is 15.4. The molecule has 2 N–H and O–H groups in total. The summed E-state index contributed by atoms with van der Waals surface area (Å²) in [5, 5.41) is 5.47. The smallest absolute Gasteiger partial charge is 0.274 e. The van der Waals surface area contributed by atoms with Gasteiger partial charge in [-0.05, 0) is 36.4 Å². The molecular weight excluding hydrogens is 543 g/mol. The van der Waals surface area contributed by atoms with Crippen LogP contribution in [0.2, 0.25) is 0 Å². The second-order valence-electron chi connectivity index (χ2n) is 9.43. The summed E-state index contributed by atoms with van der Waals surface area (Å²) in [5.41, 5.74) is -0.795. The summed E-state index contributed by atoms with van der Waals surface area (Å²) in [6.45, 7) is 7.39. The van der Waals surface area contributed by atoms with Gasteiger partial charge >= 0.3 is 0 Å². The van der Waals surface area contributed by atoms with E-state index < -0.39 is 41.1 Å². The fourth-order valence-electron chi connectivity index (χ4n) is 4.79. The Morgan fingerprint density at radius 1 is 1.12 bits per heavy atom. The molecule has 1 fully saturated rings. The molecule has 0 aliphatic carbocycles. The van der Waals surface area contributed by atoms with E-state index in [0.29, 0.717) is 5.56 Å². The number of thioether (sulfide) groups is 1. The number of aliphatic imine (C=N–C) groups is 1. The topological polar surface area (TPSA) is 97.0 Å². The molecule has 2 aliphatic rings. The first-order valence-electron chi connectivity index (χ1n) is 12.1. The second-order valence-corrected chi connectivity index (χ2v) is 10.4. The number of nitrogens with one attached hydrogen (secondary N) is 2. The van der Waals surface area contributed by atoms with E-state index >= 15 is 4.39 Å². The van der Waals surface area contributed by atoms with Crippen LogP contribution in [0.1, 0.15) is 33.3 Å². The number of carbonyl (C=O) groups excluding carboxylic acids is 2. The van der Waals surface area contributed by atoms with E-state index in [-0.39, 0.29) is 40.2 Å². The van der Waals surface area contributed by atoms with Crippen LogP contribution in [0.5, 0.6) is 0 Å². The third kappa shape index (κ3) is 5.30. The van der Waals surface area contributed by atoms with Gasteiger partial charge in [0.25, 0.3) is 17.7 Å². The maximum Gasteiger partial charge on any atom is 0.274 e. The van der Waals surface area contributed by atoms with Crippen molar-refractivity contribution in [1.29, 1.82) is 0 Å². The Labute approximate surface area is 231 Å². The average Bonchev–Trinajstić information content (AvgIpc) is 3.35. The molecule has 1 saturated heterocycles. The molecule has 204 valence electrons. The number of carbonyl (C=O) groups is 2. The van der Waals surface area contributed by atoms with Crippen molar-refractivity contribution in [2.75, 3.05) is 17.7 Å². The van der Waals surface area contributed by atoms with Gasteiger partial charge in [-0.1, -0.05) is 36.0 Å². The molecule has 5 rings (SSSR count). The molecule has 3 aromatic rings. The van der Waals surface area contributed by atoms with Crippen molar-refractivity contribution in [2.45, 2.75) is 24.5 Å². The fraction of sp³-hybridized carbons (Fsp3) is 0.250. The summed E-state index contributed by atoms with van der Waals surface area (Å²) in [5.74, 6) is -5.88. The van der Waals surface area contributed by atoms with Crippen molar-refractivity contribution in [3.8, 4) is 0 Å². The number of hydrogen-bond donors (Lipinski definition) is 2. The molecule has 12 heteroatoms. The molecule has 2 aromatic carbocycles. The number of benzene rings is 2. The Balaban J connectivity index is 1.51. The zero-order valence-electron chi connectivity index (χ0n) is 21.0. The van der Waals surface area contributed by atoms with Gasteiger partial charge in [-0.2, -0.15) is 0 Å². The van der Waals surface area contributed by atoms with Crippen molar-refractivity contribution >= 4 is 40.1 Å². The van der Waals surface area contributed by atoms with Crippen LogP contribution >= 0.6 is 11.8 Å². The van der Waals surface area contributed by atoms with E-state index in [1.54, 1.807) is 30.3 Å². The number of pyridine rings is 1. The minimum atomic E-state index is -3.24. The predicted molar refractivity (Wildman–Crippen MR) is 144 cm³/mol. The first-order valence-corrected chi connectivity index (χ1v) is 13.1. The number of rotatable bonds is 5. The predicted octanol–water partition coefficient (Wildman–Crippen LogP) is 5.42. The molecule has 3 heterocycles.